The van der Waals surface area contributed by atoms with Gasteiger partial charge in [0.1, 0.15) is 11.9 Å². The molecule has 36 heavy (non-hydrogen) atoms. The topological polar surface area (TPSA) is 85.2 Å². The zero-order valence-electron chi connectivity index (χ0n) is 22.1. The summed E-state index contributed by atoms with van der Waals surface area (Å²) in [6.45, 7) is 8.75. The number of carbonyl (C=O) groups is 1. The first-order valence-corrected chi connectivity index (χ1v) is 13.6. The van der Waals surface area contributed by atoms with Crippen molar-refractivity contribution in [2.24, 2.45) is 17.8 Å². The van der Waals surface area contributed by atoms with Crippen molar-refractivity contribution in [1.82, 2.24) is 0 Å². The molecule has 0 bridgehead atoms. The van der Waals surface area contributed by atoms with Gasteiger partial charge >= 0.3 is 5.97 Å². The molecule has 1 aromatic rings. The summed E-state index contributed by atoms with van der Waals surface area (Å²) in [6.07, 6.45) is 8.22. The lowest BCUT2D eigenvalue weighted by atomic mass is 9.66. The van der Waals surface area contributed by atoms with Crippen LogP contribution in [0.25, 0.3) is 0 Å². The third kappa shape index (κ3) is 6.21. The molecule has 0 spiro atoms. The number of aliphatic hydroxyl groups is 2. The van der Waals surface area contributed by atoms with Crippen molar-refractivity contribution in [3.8, 4) is 5.75 Å². The number of fused-ring (bicyclic) bond motifs is 1. The van der Waals surface area contributed by atoms with E-state index in [2.05, 4.69) is 19.1 Å². The van der Waals surface area contributed by atoms with E-state index < -0.39 is 18.3 Å². The molecule has 0 saturated carbocycles. The molecule has 0 aromatic heterocycles. The minimum Gasteiger partial charge on any atom is -0.478 e. The molecular formula is C30H42O6. The van der Waals surface area contributed by atoms with Crippen molar-refractivity contribution in [2.75, 3.05) is 6.61 Å². The quantitative estimate of drug-likeness (QED) is 0.500. The molecule has 1 aliphatic heterocycles. The second-order valence-corrected chi connectivity index (χ2v) is 10.8. The molecule has 3 aliphatic rings. The Labute approximate surface area is 215 Å². The monoisotopic (exact) mass is 498 g/mol. The van der Waals surface area contributed by atoms with Crippen LogP contribution in [0.1, 0.15) is 63.5 Å². The summed E-state index contributed by atoms with van der Waals surface area (Å²) >= 11 is 0. The van der Waals surface area contributed by atoms with E-state index in [0.29, 0.717) is 44.0 Å². The van der Waals surface area contributed by atoms with Crippen LogP contribution in [0.2, 0.25) is 0 Å². The number of carbonyl (C=O) groups excluding carboxylic acids is 1. The zero-order chi connectivity index (χ0) is 25.8. The Morgan fingerprint density at radius 2 is 2.00 bits per heavy atom. The molecule has 198 valence electrons. The van der Waals surface area contributed by atoms with Gasteiger partial charge in [-0.2, -0.15) is 0 Å². The van der Waals surface area contributed by atoms with Crippen LogP contribution in [0.3, 0.4) is 0 Å². The molecule has 2 N–H and O–H groups in total. The maximum atomic E-state index is 13.3. The molecular weight excluding hydrogens is 456 g/mol. The van der Waals surface area contributed by atoms with Crippen LogP contribution in [-0.2, 0) is 14.3 Å². The lowest BCUT2D eigenvalue weighted by Crippen LogP contribution is -2.44. The number of hydrogen-bond donors (Lipinski definition) is 2. The molecule has 2 aliphatic carbocycles. The van der Waals surface area contributed by atoms with Crippen molar-refractivity contribution in [3.63, 3.8) is 0 Å². The van der Waals surface area contributed by atoms with E-state index in [1.807, 2.05) is 45.0 Å². The van der Waals surface area contributed by atoms with Gasteiger partial charge in [0, 0.05) is 18.9 Å². The summed E-state index contributed by atoms with van der Waals surface area (Å²) in [4.78, 5) is 13.3. The first-order valence-electron chi connectivity index (χ1n) is 13.6. The third-order valence-corrected chi connectivity index (χ3v) is 8.26. The number of hydrogen-bond acceptors (Lipinski definition) is 6. The van der Waals surface area contributed by atoms with E-state index in [1.54, 1.807) is 0 Å². The summed E-state index contributed by atoms with van der Waals surface area (Å²) in [7, 11) is 0. The van der Waals surface area contributed by atoms with Gasteiger partial charge in [0.15, 0.2) is 6.10 Å². The summed E-state index contributed by atoms with van der Waals surface area (Å²) in [5, 5.41) is 20.6. The van der Waals surface area contributed by atoms with Crippen molar-refractivity contribution in [1.29, 1.82) is 0 Å². The van der Waals surface area contributed by atoms with E-state index in [0.717, 1.165) is 29.5 Å². The Morgan fingerprint density at radius 1 is 1.19 bits per heavy atom. The predicted octanol–water partition coefficient (Wildman–Crippen LogP) is 4.82. The second-order valence-electron chi connectivity index (χ2n) is 10.8. The molecule has 1 fully saturated rings. The number of ether oxygens (including phenoxy) is 3. The Hall–Kier alpha value is -2.15. The van der Waals surface area contributed by atoms with Crippen molar-refractivity contribution < 1.29 is 29.2 Å². The molecule has 1 heterocycles. The van der Waals surface area contributed by atoms with Crippen molar-refractivity contribution in [2.45, 2.75) is 96.7 Å². The maximum Gasteiger partial charge on any atom is 0.347 e. The first kappa shape index (κ1) is 26.9. The van der Waals surface area contributed by atoms with Crippen LogP contribution < -0.4 is 4.74 Å². The molecule has 1 aromatic carbocycles. The molecule has 1 unspecified atom stereocenters. The lowest BCUT2D eigenvalue weighted by molar-refractivity contribution is -0.163. The maximum absolute atomic E-state index is 13.3. The fraction of sp³-hybridized carbons (Fsp3) is 0.633. The average molecular weight is 499 g/mol. The summed E-state index contributed by atoms with van der Waals surface area (Å²) < 4.78 is 18.2. The van der Waals surface area contributed by atoms with E-state index in [4.69, 9.17) is 14.2 Å². The molecule has 6 heteroatoms. The van der Waals surface area contributed by atoms with Crippen LogP contribution >= 0.6 is 0 Å². The average Bonchev–Trinajstić information content (AvgIpc) is 2.84. The van der Waals surface area contributed by atoms with E-state index in [-0.39, 0.29) is 30.0 Å². The molecule has 8 atom stereocenters. The second kappa shape index (κ2) is 11.9. The Kier molecular flexibility index (Phi) is 8.91. The molecule has 0 amide bonds. The highest BCUT2D eigenvalue weighted by Crippen LogP contribution is 2.44. The van der Waals surface area contributed by atoms with Gasteiger partial charge in [-0.25, -0.2) is 4.79 Å². The Bertz CT molecular complexity index is 968. The van der Waals surface area contributed by atoms with Crippen LogP contribution in [-0.4, -0.2) is 53.3 Å². The van der Waals surface area contributed by atoms with Gasteiger partial charge in [0.2, 0.25) is 0 Å². The minimum absolute atomic E-state index is 0.0177. The van der Waals surface area contributed by atoms with Gasteiger partial charge in [0.25, 0.3) is 0 Å². The van der Waals surface area contributed by atoms with Crippen LogP contribution in [0.15, 0.2) is 42.0 Å². The largest absolute Gasteiger partial charge is 0.478 e. The Balaban J connectivity index is 1.48. The van der Waals surface area contributed by atoms with Gasteiger partial charge in [-0.05, 0) is 80.6 Å². The molecule has 6 nitrogen and oxygen atoms in total. The molecule has 4 rings (SSSR count). The van der Waals surface area contributed by atoms with Gasteiger partial charge < -0.3 is 24.4 Å². The predicted molar refractivity (Wildman–Crippen MR) is 139 cm³/mol. The fourth-order valence-corrected chi connectivity index (χ4v) is 5.95. The van der Waals surface area contributed by atoms with Gasteiger partial charge in [-0.3, -0.25) is 0 Å². The summed E-state index contributed by atoms with van der Waals surface area (Å²) in [5.74, 6) is 0.907. The van der Waals surface area contributed by atoms with Crippen LogP contribution in [0.5, 0.6) is 5.75 Å². The highest BCUT2D eigenvalue weighted by molar-refractivity contribution is 5.75. The lowest BCUT2D eigenvalue weighted by Gasteiger charge is -2.43. The summed E-state index contributed by atoms with van der Waals surface area (Å²) in [6, 6.07) is 5.84. The van der Waals surface area contributed by atoms with E-state index in [9.17, 15) is 15.0 Å². The fourth-order valence-electron chi connectivity index (χ4n) is 5.95. The minimum atomic E-state index is -0.705. The number of benzene rings is 1. The first-order chi connectivity index (χ1) is 17.3. The van der Waals surface area contributed by atoms with Crippen molar-refractivity contribution >= 4 is 5.97 Å². The number of aliphatic hydroxyl groups excluding tert-OH is 2. The van der Waals surface area contributed by atoms with E-state index in [1.165, 1.54) is 0 Å². The molecule has 1 saturated heterocycles. The third-order valence-electron chi connectivity index (χ3n) is 8.26. The van der Waals surface area contributed by atoms with Crippen LogP contribution in [0.4, 0.5) is 0 Å². The number of allylic oxidation sites excluding steroid dienone is 2. The normalized spacial score (nSPS) is 32.8. The van der Waals surface area contributed by atoms with Gasteiger partial charge in [-0.1, -0.05) is 44.2 Å². The Morgan fingerprint density at radius 3 is 2.75 bits per heavy atom. The van der Waals surface area contributed by atoms with Gasteiger partial charge in [-0.15, -0.1) is 0 Å². The number of aryl methyl sites for hydroxylation is 1. The SMILES string of the molecule is CCC(Oc1cccc(C)c1C)C(=O)O[C@H]1C[C@H](O)C=C2C=C[C@H](C)[C@H](CC[C@@H]3C[C@H](O)CCO3)[C@H]21. The number of esters is 1. The summed E-state index contributed by atoms with van der Waals surface area (Å²) in [5.41, 5.74) is 3.17. The highest BCUT2D eigenvalue weighted by Gasteiger charge is 2.43. The van der Waals surface area contributed by atoms with Gasteiger partial charge in [0.05, 0.1) is 18.3 Å². The smallest absolute Gasteiger partial charge is 0.347 e. The van der Waals surface area contributed by atoms with Crippen LogP contribution in [0, 0.1) is 31.6 Å². The molecule has 0 radical (unpaired) electrons. The zero-order valence-corrected chi connectivity index (χ0v) is 22.1. The van der Waals surface area contributed by atoms with Crippen molar-refractivity contribution in [3.05, 3.63) is 53.1 Å². The number of rotatable bonds is 8. The standard InChI is InChI=1S/C30H42O6/c1-5-26(35-27-8-6-7-18(2)20(27)4)30(33)36-28-17-23(32)15-21-10-9-19(3)25(29(21)28)12-11-24-16-22(31)13-14-34-24/h6-10,15,19,22-26,28-29,31-32H,5,11-14,16-17H2,1-4H3/t19-,22+,23+,24+,25-,26?,28-,29-/m0/s1. The highest BCUT2D eigenvalue weighted by atomic mass is 16.6. The van der Waals surface area contributed by atoms with E-state index >= 15 is 0 Å².